The highest BCUT2D eigenvalue weighted by atomic mass is 35.5. The summed E-state index contributed by atoms with van der Waals surface area (Å²) in [6, 6.07) is 13.1. The Balaban J connectivity index is 1.62. The number of hydrogen-bond acceptors (Lipinski definition) is 4. The van der Waals surface area contributed by atoms with Crippen LogP contribution in [0.1, 0.15) is 23.2 Å². The number of carbonyl (C=O) groups is 1. The van der Waals surface area contributed by atoms with Crippen LogP contribution in [0.4, 0.5) is 0 Å². The second-order valence-electron chi connectivity index (χ2n) is 6.31. The lowest BCUT2D eigenvalue weighted by molar-refractivity contribution is 0.0921. The summed E-state index contributed by atoms with van der Waals surface area (Å²) in [5.74, 6) is 0.296. The molecular weight excluding hydrogens is 388 g/mol. The highest BCUT2D eigenvalue weighted by Gasteiger charge is 2.30. The molecule has 0 aromatic heterocycles. The molecule has 144 valence electrons. The van der Waals surface area contributed by atoms with Crippen LogP contribution in [0.2, 0.25) is 5.02 Å². The maximum absolute atomic E-state index is 12.7. The Morgan fingerprint density at radius 1 is 1.11 bits per heavy atom. The lowest BCUT2D eigenvalue weighted by Gasteiger charge is -2.31. The molecule has 0 aliphatic carbocycles. The van der Waals surface area contributed by atoms with Gasteiger partial charge in [-0.15, -0.1) is 0 Å². The van der Waals surface area contributed by atoms with Gasteiger partial charge >= 0.3 is 0 Å². The smallest absolute Gasteiger partial charge is 0.255 e. The van der Waals surface area contributed by atoms with E-state index < -0.39 is 10.0 Å². The van der Waals surface area contributed by atoms with Gasteiger partial charge in [0, 0.05) is 24.2 Å². The number of rotatable bonds is 5. The lowest BCUT2D eigenvalue weighted by Crippen LogP contribution is -2.46. The summed E-state index contributed by atoms with van der Waals surface area (Å²) >= 11 is 5.83. The van der Waals surface area contributed by atoms with Crippen molar-refractivity contribution in [3.63, 3.8) is 0 Å². The largest absolute Gasteiger partial charge is 0.496 e. The van der Waals surface area contributed by atoms with Crippen LogP contribution in [-0.2, 0) is 10.0 Å². The maximum atomic E-state index is 12.7. The molecule has 1 heterocycles. The van der Waals surface area contributed by atoms with Gasteiger partial charge in [0.2, 0.25) is 10.0 Å². The molecule has 1 aliphatic heterocycles. The van der Waals surface area contributed by atoms with Crippen LogP contribution in [0, 0.1) is 0 Å². The van der Waals surface area contributed by atoms with E-state index in [-0.39, 0.29) is 16.8 Å². The van der Waals surface area contributed by atoms with Crippen molar-refractivity contribution in [3.8, 4) is 5.75 Å². The first-order chi connectivity index (χ1) is 12.9. The van der Waals surface area contributed by atoms with Crippen LogP contribution >= 0.6 is 11.6 Å². The van der Waals surface area contributed by atoms with E-state index in [0.717, 1.165) is 0 Å². The Bertz CT molecular complexity index is 908. The normalized spacial score (nSPS) is 16.1. The summed E-state index contributed by atoms with van der Waals surface area (Å²) in [6.45, 7) is 0.698. The Morgan fingerprint density at radius 2 is 1.74 bits per heavy atom. The molecule has 0 spiro atoms. The standard InChI is InChI=1S/C19H21ClN2O4S/c1-26-18-5-3-2-4-17(18)19(23)21-15-10-12-22(13-11-15)27(24,25)16-8-6-14(20)7-9-16/h2-9,15H,10-13H2,1H3,(H,21,23). The van der Waals surface area contributed by atoms with Crippen molar-refractivity contribution in [2.24, 2.45) is 0 Å². The van der Waals surface area contributed by atoms with Gasteiger partial charge in [-0.05, 0) is 49.2 Å². The molecule has 1 amide bonds. The monoisotopic (exact) mass is 408 g/mol. The number of benzene rings is 2. The third-order valence-corrected chi connectivity index (χ3v) is 6.76. The lowest BCUT2D eigenvalue weighted by atomic mass is 10.1. The van der Waals surface area contributed by atoms with E-state index in [0.29, 0.717) is 42.3 Å². The van der Waals surface area contributed by atoms with Gasteiger partial charge in [0.05, 0.1) is 17.6 Å². The van der Waals surface area contributed by atoms with E-state index in [2.05, 4.69) is 5.32 Å². The summed E-state index contributed by atoms with van der Waals surface area (Å²) in [4.78, 5) is 12.7. The number of carbonyl (C=O) groups excluding carboxylic acids is 1. The number of methoxy groups -OCH3 is 1. The average Bonchev–Trinajstić information content (AvgIpc) is 2.68. The second-order valence-corrected chi connectivity index (χ2v) is 8.68. The fourth-order valence-corrected chi connectivity index (χ4v) is 4.69. The fraction of sp³-hybridized carbons (Fsp3) is 0.316. The molecule has 1 fully saturated rings. The molecule has 1 saturated heterocycles. The van der Waals surface area contributed by atoms with Gasteiger partial charge in [0.25, 0.3) is 5.91 Å². The molecule has 6 nitrogen and oxygen atoms in total. The van der Waals surface area contributed by atoms with E-state index in [1.807, 2.05) is 0 Å². The summed E-state index contributed by atoms with van der Waals surface area (Å²) in [5, 5.41) is 3.46. The Hall–Kier alpha value is -2.09. The first-order valence-corrected chi connectivity index (χ1v) is 10.4. The van der Waals surface area contributed by atoms with Crippen molar-refractivity contribution >= 4 is 27.5 Å². The highest BCUT2D eigenvalue weighted by Crippen LogP contribution is 2.23. The molecule has 0 saturated carbocycles. The number of nitrogens with one attached hydrogen (secondary N) is 1. The van der Waals surface area contributed by atoms with Gasteiger partial charge in [-0.1, -0.05) is 23.7 Å². The van der Waals surface area contributed by atoms with Gasteiger partial charge in [0.1, 0.15) is 5.75 Å². The first kappa shape index (κ1) is 19.7. The summed E-state index contributed by atoms with van der Waals surface area (Å²) < 4.78 is 32.1. The molecule has 0 bridgehead atoms. The SMILES string of the molecule is COc1ccccc1C(=O)NC1CCN(S(=O)(=O)c2ccc(Cl)cc2)CC1. The van der Waals surface area contributed by atoms with Gasteiger partial charge in [-0.25, -0.2) is 8.42 Å². The maximum Gasteiger partial charge on any atom is 0.255 e. The number of ether oxygens (including phenoxy) is 1. The number of sulfonamides is 1. The van der Waals surface area contributed by atoms with Crippen LogP contribution in [0.5, 0.6) is 5.75 Å². The van der Waals surface area contributed by atoms with Crippen LogP contribution in [0.15, 0.2) is 53.4 Å². The van der Waals surface area contributed by atoms with Gasteiger partial charge in [-0.2, -0.15) is 4.31 Å². The minimum Gasteiger partial charge on any atom is -0.496 e. The zero-order valence-electron chi connectivity index (χ0n) is 14.9. The molecule has 1 N–H and O–H groups in total. The Labute approximate surface area is 164 Å². The molecule has 2 aromatic rings. The number of piperidine rings is 1. The number of amides is 1. The molecule has 3 rings (SSSR count). The van der Waals surface area contributed by atoms with E-state index in [1.165, 1.54) is 23.5 Å². The second kappa shape index (κ2) is 8.29. The first-order valence-electron chi connectivity index (χ1n) is 8.61. The van der Waals surface area contributed by atoms with Gasteiger partial charge < -0.3 is 10.1 Å². The van der Waals surface area contributed by atoms with E-state index in [4.69, 9.17) is 16.3 Å². The summed E-state index contributed by atoms with van der Waals surface area (Å²) in [5.41, 5.74) is 0.469. The zero-order valence-corrected chi connectivity index (χ0v) is 16.5. The molecule has 2 aromatic carbocycles. The summed E-state index contributed by atoms with van der Waals surface area (Å²) in [7, 11) is -2.03. The predicted octanol–water partition coefficient (Wildman–Crippen LogP) is 2.93. The van der Waals surface area contributed by atoms with Crippen molar-refractivity contribution in [1.82, 2.24) is 9.62 Å². The quantitative estimate of drug-likeness (QED) is 0.825. The van der Waals surface area contributed by atoms with Crippen molar-refractivity contribution in [2.75, 3.05) is 20.2 Å². The molecule has 1 aliphatic rings. The van der Waals surface area contributed by atoms with Crippen molar-refractivity contribution in [2.45, 2.75) is 23.8 Å². The Morgan fingerprint density at radius 3 is 2.37 bits per heavy atom. The number of hydrogen-bond donors (Lipinski definition) is 1. The van der Waals surface area contributed by atoms with Crippen LogP contribution < -0.4 is 10.1 Å². The van der Waals surface area contributed by atoms with Gasteiger partial charge in [-0.3, -0.25) is 4.79 Å². The summed E-state index contributed by atoms with van der Waals surface area (Å²) in [6.07, 6.45) is 1.10. The molecule has 0 atom stereocenters. The minimum atomic E-state index is -3.55. The van der Waals surface area contributed by atoms with Crippen molar-refractivity contribution in [1.29, 1.82) is 0 Å². The van der Waals surface area contributed by atoms with Crippen molar-refractivity contribution in [3.05, 3.63) is 59.1 Å². The van der Waals surface area contributed by atoms with E-state index in [1.54, 1.807) is 36.4 Å². The molecular formula is C19H21ClN2O4S. The predicted molar refractivity (Wildman–Crippen MR) is 104 cm³/mol. The highest BCUT2D eigenvalue weighted by molar-refractivity contribution is 7.89. The van der Waals surface area contributed by atoms with Crippen LogP contribution in [0.25, 0.3) is 0 Å². The molecule has 27 heavy (non-hydrogen) atoms. The Kier molecular flexibility index (Phi) is 6.04. The molecule has 0 radical (unpaired) electrons. The molecule has 0 unspecified atom stereocenters. The number of halogens is 1. The van der Waals surface area contributed by atoms with Crippen LogP contribution in [-0.4, -0.2) is 44.9 Å². The van der Waals surface area contributed by atoms with Crippen LogP contribution in [0.3, 0.4) is 0 Å². The fourth-order valence-electron chi connectivity index (χ4n) is 3.09. The zero-order chi connectivity index (χ0) is 19.4. The minimum absolute atomic E-state index is 0.0842. The third-order valence-electron chi connectivity index (χ3n) is 4.59. The molecule has 8 heteroatoms. The van der Waals surface area contributed by atoms with E-state index >= 15 is 0 Å². The average molecular weight is 409 g/mol. The number of para-hydroxylation sites is 1. The topological polar surface area (TPSA) is 75.7 Å². The third kappa shape index (κ3) is 4.43. The number of nitrogens with zero attached hydrogens (tertiary/aromatic N) is 1. The van der Waals surface area contributed by atoms with E-state index in [9.17, 15) is 13.2 Å². The van der Waals surface area contributed by atoms with Gasteiger partial charge in [0.15, 0.2) is 0 Å². The van der Waals surface area contributed by atoms with Crippen molar-refractivity contribution < 1.29 is 17.9 Å².